The first kappa shape index (κ1) is 16.6. The zero-order valence-electron chi connectivity index (χ0n) is 14.5. The van der Waals surface area contributed by atoms with E-state index in [2.05, 4.69) is 10.3 Å². The summed E-state index contributed by atoms with van der Waals surface area (Å²) >= 11 is 6.26. The fourth-order valence-electron chi connectivity index (χ4n) is 3.13. The van der Waals surface area contributed by atoms with Crippen LogP contribution in [0.2, 0.25) is 5.02 Å². The summed E-state index contributed by atoms with van der Waals surface area (Å²) in [4.78, 5) is 19.2. The molecule has 5 heteroatoms. The molecule has 1 amide bonds. The standard InChI is InChI=1S/C21H18ClN3O/c1-13-5-9-16(10-6-13)25-20(19-17(21(25)26)4-3-11-23-19)24-15-8-7-14(2)18(22)12-15/h3-12,20,24H,1-2H3. The van der Waals surface area contributed by atoms with Crippen molar-refractivity contribution in [3.63, 3.8) is 0 Å². The topological polar surface area (TPSA) is 45.2 Å². The van der Waals surface area contributed by atoms with Crippen LogP contribution < -0.4 is 10.2 Å². The van der Waals surface area contributed by atoms with Crippen LogP contribution in [0.1, 0.15) is 33.3 Å². The molecule has 4 nitrogen and oxygen atoms in total. The Morgan fingerprint density at radius 3 is 2.58 bits per heavy atom. The van der Waals surface area contributed by atoms with E-state index < -0.39 is 0 Å². The van der Waals surface area contributed by atoms with Gasteiger partial charge in [0.1, 0.15) is 0 Å². The van der Waals surface area contributed by atoms with Crippen LogP contribution in [0.4, 0.5) is 11.4 Å². The summed E-state index contributed by atoms with van der Waals surface area (Å²) in [6, 6.07) is 17.3. The number of carbonyl (C=O) groups excluding carboxylic acids is 1. The molecule has 0 bridgehead atoms. The highest BCUT2D eigenvalue weighted by Crippen LogP contribution is 2.37. The number of hydrogen-bond donors (Lipinski definition) is 1. The number of hydrogen-bond acceptors (Lipinski definition) is 3. The molecule has 1 atom stereocenters. The van der Waals surface area contributed by atoms with Crippen LogP contribution in [-0.2, 0) is 0 Å². The van der Waals surface area contributed by atoms with Gasteiger partial charge in [-0.15, -0.1) is 0 Å². The first-order valence-electron chi connectivity index (χ1n) is 8.42. The summed E-state index contributed by atoms with van der Waals surface area (Å²) in [6.45, 7) is 3.98. The summed E-state index contributed by atoms with van der Waals surface area (Å²) in [7, 11) is 0. The number of carbonyl (C=O) groups is 1. The number of amides is 1. The minimum absolute atomic E-state index is 0.0624. The number of nitrogens with one attached hydrogen (secondary N) is 1. The van der Waals surface area contributed by atoms with Crippen molar-refractivity contribution in [1.82, 2.24) is 4.98 Å². The molecule has 2 aromatic carbocycles. The molecule has 0 saturated heterocycles. The Labute approximate surface area is 157 Å². The smallest absolute Gasteiger partial charge is 0.262 e. The van der Waals surface area contributed by atoms with Crippen molar-refractivity contribution in [2.24, 2.45) is 0 Å². The summed E-state index contributed by atoms with van der Waals surface area (Å²) in [6.07, 6.45) is 1.32. The number of aromatic nitrogens is 1. The van der Waals surface area contributed by atoms with Crippen molar-refractivity contribution in [2.45, 2.75) is 20.0 Å². The SMILES string of the molecule is Cc1ccc(N2C(=O)c3cccnc3C2Nc2ccc(C)c(Cl)c2)cc1. The van der Waals surface area contributed by atoms with E-state index in [-0.39, 0.29) is 12.1 Å². The molecule has 3 aromatic rings. The summed E-state index contributed by atoms with van der Waals surface area (Å²) in [5.41, 5.74) is 5.15. The molecule has 0 spiro atoms. The van der Waals surface area contributed by atoms with E-state index in [1.54, 1.807) is 17.2 Å². The quantitative estimate of drug-likeness (QED) is 0.702. The zero-order valence-corrected chi connectivity index (χ0v) is 15.3. The van der Waals surface area contributed by atoms with Crippen LogP contribution in [0.3, 0.4) is 0 Å². The molecule has 1 aliphatic heterocycles. The van der Waals surface area contributed by atoms with Gasteiger partial charge in [-0.25, -0.2) is 0 Å². The van der Waals surface area contributed by atoms with Crippen molar-refractivity contribution in [3.8, 4) is 0 Å². The van der Waals surface area contributed by atoms with E-state index in [4.69, 9.17) is 11.6 Å². The third kappa shape index (κ3) is 2.82. The number of anilines is 2. The first-order valence-corrected chi connectivity index (χ1v) is 8.80. The molecule has 1 aromatic heterocycles. The second-order valence-electron chi connectivity index (χ2n) is 6.46. The van der Waals surface area contributed by atoms with E-state index in [0.29, 0.717) is 10.6 Å². The fourth-order valence-corrected chi connectivity index (χ4v) is 3.31. The van der Waals surface area contributed by atoms with Gasteiger partial charge < -0.3 is 5.32 Å². The molecule has 0 radical (unpaired) electrons. The summed E-state index contributed by atoms with van der Waals surface area (Å²) in [5, 5.41) is 4.10. The molecule has 2 heterocycles. The second kappa shape index (κ2) is 6.46. The van der Waals surface area contributed by atoms with E-state index >= 15 is 0 Å². The zero-order chi connectivity index (χ0) is 18.3. The van der Waals surface area contributed by atoms with Gasteiger partial charge in [0.2, 0.25) is 0 Å². The first-order chi connectivity index (χ1) is 12.5. The maximum Gasteiger partial charge on any atom is 0.262 e. The number of nitrogens with zero attached hydrogens (tertiary/aromatic N) is 2. The van der Waals surface area contributed by atoms with Crippen molar-refractivity contribution in [2.75, 3.05) is 10.2 Å². The Hall–Kier alpha value is -2.85. The highest BCUT2D eigenvalue weighted by Gasteiger charge is 2.38. The molecular formula is C21H18ClN3O. The van der Waals surface area contributed by atoms with Gasteiger partial charge in [0.25, 0.3) is 5.91 Å². The minimum Gasteiger partial charge on any atom is -0.360 e. The molecule has 0 saturated carbocycles. The van der Waals surface area contributed by atoms with Gasteiger partial charge in [-0.2, -0.15) is 0 Å². The Morgan fingerprint density at radius 2 is 1.85 bits per heavy atom. The van der Waals surface area contributed by atoms with Crippen molar-refractivity contribution < 1.29 is 4.79 Å². The number of halogens is 1. The lowest BCUT2D eigenvalue weighted by atomic mass is 10.2. The van der Waals surface area contributed by atoms with Gasteiger partial charge in [-0.1, -0.05) is 35.4 Å². The molecule has 0 aliphatic carbocycles. The lowest BCUT2D eigenvalue weighted by Gasteiger charge is -2.27. The molecule has 26 heavy (non-hydrogen) atoms. The Bertz CT molecular complexity index is 985. The number of rotatable bonds is 3. The van der Waals surface area contributed by atoms with E-state index in [1.165, 1.54) is 0 Å². The van der Waals surface area contributed by atoms with Crippen molar-refractivity contribution in [3.05, 3.63) is 88.2 Å². The van der Waals surface area contributed by atoms with Crippen LogP contribution in [0, 0.1) is 13.8 Å². The molecule has 1 unspecified atom stereocenters. The highest BCUT2D eigenvalue weighted by atomic mass is 35.5. The number of pyridine rings is 1. The molecule has 1 aliphatic rings. The maximum absolute atomic E-state index is 13.0. The fraction of sp³-hybridized carbons (Fsp3) is 0.143. The maximum atomic E-state index is 13.0. The van der Waals surface area contributed by atoms with Gasteiger partial charge in [0.15, 0.2) is 6.17 Å². The second-order valence-corrected chi connectivity index (χ2v) is 6.86. The van der Waals surface area contributed by atoms with E-state index in [0.717, 1.165) is 28.2 Å². The number of fused-ring (bicyclic) bond motifs is 1. The van der Waals surface area contributed by atoms with Crippen LogP contribution >= 0.6 is 11.6 Å². The monoisotopic (exact) mass is 363 g/mol. The van der Waals surface area contributed by atoms with Gasteiger partial charge in [0, 0.05) is 22.6 Å². The molecular weight excluding hydrogens is 346 g/mol. The molecule has 1 N–H and O–H groups in total. The van der Waals surface area contributed by atoms with Crippen molar-refractivity contribution in [1.29, 1.82) is 0 Å². The third-order valence-corrected chi connectivity index (χ3v) is 5.00. The Morgan fingerprint density at radius 1 is 1.08 bits per heavy atom. The van der Waals surface area contributed by atoms with E-state index in [9.17, 15) is 4.79 Å². The molecule has 0 fully saturated rings. The lowest BCUT2D eigenvalue weighted by molar-refractivity contribution is 0.0993. The van der Waals surface area contributed by atoms with Crippen molar-refractivity contribution >= 4 is 28.9 Å². The average molecular weight is 364 g/mol. The third-order valence-electron chi connectivity index (χ3n) is 4.59. The Kier molecular flexibility index (Phi) is 4.13. The molecule has 4 rings (SSSR count). The lowest BCUT2D eigenvalue weighted by Crippen LogP contribution is -2.32. The van der Waals surface area contributed by atoms with Gasteiger partial charge in [0.05, 0.1) is 11.3 Å². The largest absolute Gasteiger partial charge is 0.360 e. The summed E-state index contributed by atoms with van der Waals surface area (Å²) in [5.74, 6) is -0.0624. The predicted molar refractivity (Wildman–Crippen MR) is 105 cm³/mol. The van der Waals surface area contributed by atoms with Crippen LogP contribution in [0.15, 0.2) is 60.8 Å². The van der Waals surface area contributed by atoms with Crippen LogP contribution in [-0.4, -0.2) is 10.9 Å². The normalized spacial score (nSPS) is 15.9. The van der Waals surface area contributed by atoms with Gasteiger partial charge in [-0.3, -0.25) is 14.7 Å². The molecule has 130 valence electrons. The summed E-state index contributed by atoms with van der Waals surface area (Å²) < 4.78 is 0. The van der Waals surface area contributed by atoms with Gasteiger partial charge >= 0.3 is 0 Å². The van der Waals surface area contributed by atoms with Crippen LogP contribution in [0.5, 0.6) is 0 Å². The predicted octanol–water partition coefficient (Wildman–Crippen LogP) is 5.12. The number of aryl methyl sites for hydroxylation is 2. The van der Waals surface area contributed by atoms with Crippen LogP contribution in [0.25, 0.3) is 0 Å². The van der Waals surface area contributed by atoms with Gasteiger partial charge in [-0.05, 0) is 55.8 Å². The average Bonchev–Trinajstić information content (AvgIpc) is 2.92. The Balaban J connectivity index is 1.77. The van der Waals surface area contributed by atoms with E-state index in [1.807, 2.05) is 62.4 Å². The number of benzene rings is 2. The highest BCUT2D eigenvalue weighted by molar-refractivity contribution is 6.31. The minimum atomic E-state index is -0.389.